The first-order chi connectivity index (χ1) is 13.0. The molecule has 3 heteroatoms. The van der Waals surface area contributed by atoms with Gasteiger partial charge in [0.15, 0.2) is 0 Å². The Hall–Kier alpha value is -0.180. The van der Waals surface area contributed by atoms with Crippen LogP contribution in [0, 0.1) is 29.6 Å². The van der Waals surface area contributed by atoms with Gasteiger partial charge in [-0.15, -0.1) is 0 Å². The predicted octanol–water partition coefficient (Wildman–Crippen LogP) is 7.77. The number of halogens is 2. The van der Waals surface area contributed by atoms with Crippen LogP contribution in [0.3, 0.4) is 0 Å². The van der Waals surface area contributed by atoms with Gasteiger partial charge in [0.25, 0.3) is 0 Å². The molecule has 1 aliphatic carbocycles. The summed E-state index contributed by atoms with van der Waals surface area (Å²) < 4.78 is 32.6. The van der Waals surface area contributed by atoms with Crippen molar-refractivity contribution < 1.29 is 13.5 Å². The number of ether oxygens (including phenoxy) is 1. The summed E-state index contributed by atoms with van der Waals surface area (Å²) in [5.41, 5.74) is 0. The molecule has 0 aromatic carbocycles. The topological polar surface area (TPSA) is 9.23 Å². The molecule has 162 valence electrons. The molecular weight excluding hydrogens is 342 g/mol. The Balaban J connectivity index is 2.50. The van der Waals surface area contributed by atoms with Crippen molar-refractivity contribution in [1.29, 1.82) is 0 Å². The maximum Gasteiger partial charge on any atom is 0.126 e. The molecule has 27 heavy (non-hydrogen) atoms. The molecule has 5 unspecified atom stereocenters. The third-order valence-corrected chi connectivity index (χ3v) is 7.37. The zero-order valence-corrected chi connectivity index (χ0v) is 18.7. The van der Waals surface area contributed by atoms with Crippen LogP contribution in [-0.4, -0.2) is 26.1 Å². The summed E-state index contributed by atoms with van der Waals surface area (Å²) in [6.45, 7) is 8.46. The lowest BCUT2D eigenvalue weighted by Gasteiger charge is -2.38. The highest BCUT2D eigenvalue weighted by molar-refractivity contribution is 4.83. The lowest BCUT2D eigenvalue weighted by atomic mass is 9.68. The van der Waals surface area contributed by atoms with E-state index in [4.69, 9.17) is 4.74 Å². The third-order valence-electron chi connectivity index (χ3n) is 7.37. The summed E-state index contributed by atoms with van der Waals surface area (Å²) in [5, 5.41) is 0. The van der Waals surface area contributed by atoms with E-state index in [0.717, 1.165) is 30.6 Å². The summed E-state index contributed by atoms with van der Waals surface area (Å²) in [5.74, 6) is 3.18. The molecule has 0 bridgehead atoms. The van der Waals surface area contributed by atoms with Gasteiger partial charge in [-0.2, -0.15) is 0 Å². The van der Waals surface area contributed by atoms with Crippen LogP contribution in [0.5, 0.6) is 0 Å². The minimum absolute atomic E-state index is 0.174. The highest BCUT2D eigenvalue weighted by atomic mass is 19.1. The average Bonchev–Trinajstić information content (AvgIpc) is 2.68. The van der Waals surface area contributed by atoms with Gasteiger partial charge in [-0.05, 0) is 81.5 Å². The Labute approximate surface area is 168 Å². The molecule has 0 aliphatic heterocycles. The highest BCUT2D eigenvalue weighted by Gasteiger charge is 2.32. The van der Waals surface area contributed by atoms with Gasteiger partial charge in [0.2, 0.25) is 0 Å². The van der Waals surface area contributed by atoms with Crippen molar-refractivity contribution >= 4 is 0 Å². The zero-order chi connectivity index (χ0) is 20.2. The van der Waals surface area contributed by atoms with E-state index in [0.29, 0.717) is 18.8 Å². The SMILES string of the molecule is CCCC(C)CCC(CC)C1CCC(C(CCF)CC(F)C(C)OC)CC1. The fraction of sp³-hybridized carbons (Fsp3) is 1.00. The molecule has 0 aromatic heterocycles. The van der Waals surface area contributed by atoms with Crippen LogP contribution in [0.2, 0.25) is 0 Å². The molecule has 0 radical (unpaired) electrons. The maximum atomic E-state index is 14.4. The smallest absolute Gasteiger partial charge is 0.126 e. The van der Waals surface area contributed by atoms with Crippen LogP contribution < -0.4 is 0 Å². The van der Waals surface area contributed by atoms with Crippen LogP contribution in [-0.2, 0) is 4.74 Å². The Morgan fingerprint density at radius 3 is 1.96 bits per heavy atom. The van der Waals surface area contributed by atoms with Crippen LogP contribution in [0.15, 0.2) is 0 Å². The molecule has 0 spiro atoms. The minimum Gasteiger partial charge on any atom is -0.379 e. The van der Waals surface area contributed by atoms with Gasteiger partial charge in [0.05, 0.1) is 12.8 Å². The van der Waals surface area contributed by atoms with E-state index in [9.17, 15) is 8.78 Å². The molecule has 1 nitrogen and oxygen atoms in total. The molecule has 0 amide bonds. The van der Waals surface area contributed by atoms with E-state index in [1.54, 1.807) is 14.0 Å². The number of alkyl halides is 2. The van der Waals surface area contributed by atoms with Crippen LogP contribution in [0.1, 0.15) is 98.3 Å². The lowest BCUT2D eigenvalue weighted by molar-refractivity contribution is 0.0229. The molecule has 1 fully saturated rings. The van der Waals surface area contributed by atoms with E-state index >= 15 is 0 Å². The van der Waals surface area contributed by atoms with Crippen molar-refractivity contribution in [3.8, 4) is 0 Å². The quantitative estimate of drug-likeness (QED) is 0.295. The molecule has 1 saturated carbocycles. The van der Waals surface area contributed by atoms with Crippen molar-refractivity contribution in [2.75, 3.05) is 13.8 Å². The summed E-state index contributed by atoms with van der Waals surface area (Å²) in [6.07, 6.45) is 11.1. The fourth-order valence-electron chi connectivity index (χ4n) is 5.31. The summed E-state index contributed by atoms with van der Waals surface area (Å²) >= 11 is 0. The highest BCUT2D eigenvalue weighted by Crippen LogP contribution is 2.42. The van der Waals surface area contributed by atoms with E-state index in [1.165, 1.54) is 44.9 Å². The second-order valence-electron chi connectivity index (χ2n) is 9.24. The van der Waals surface area contributed by atoms with Crippen LogP contribution in [0.4, 0.5) is 8.78 Å². The van der Waals surface area contributed by atoms with Gasteiger partial charge in [0.1, 0.15) is 6.17 Å². The Morgan fingerprint density at radius 2 is 1.48 bits per heavy atom. The van der Waals surface area contributed by atoms with Gasteiger partial charge in [-0.3, -0.25) is 4.39 Å². The molecule has 1 rings (SSSR count). The number of hydrogen-bond donors (Lipinski definition) is 0. The second kappa shape index (κ2) is 13.9. The van der Waals surface area contributed by atoms with E-state index in [1.807, 2.05) is 0 Å². The monoisotopic (exact) mass is 388 g/mol. The van der Waals surface area contributed by atoms with Crippen LogP contribution >= 0.6 is 0 Å². The van der Waals surface area contributed by atoms with E-state index in [2.05, 4.69) is 20.8 Å². The molecule has 0 heterocycles. The summed E-state index contributed by atoms with van der Waals surface area (Å²) in [6, 6.07) is 0. The minimum atomic E-state index is -0.979. The zero-order valence-electron chi connectivity index (χ0n) is 18.7. The Morgan fingerprint density at radius 1 is 0.889 bits per heavy atom. The summed E-state index contributed by atoms with van der Waals surface area (Å²) in [7, 11) is 1.55. The van der Waals surface area contributed by atoms with E-state index in [-0.39, 0.29) is 12.6 Å². The third kappa shape index (κ3) is 8.79. The van der Waals surface area contributed by atoms with Crippen molar-refractivity contribution in [3.05, 3.63) is 0 Å². The summed E-state index contributed by atoms with van der Waals surface area (Å²) in [4.78, 5) is 0. The Kier molecular flexibility index (Phi) is 12.8. The second-order valence-corrected chi connectivity index (χ2v) is 9.24. The van der Waals surface area contributed by atoms with Crippen molar-refractivity contribution in [3.63, 3.8) is 0 Å². The first kappa shape index (κ1) is 24.9. The predicted molar refractivity (Wildman–Crippen MR) is 113 cm³/mol. The molecule has 0 aromatic rings. The largest absolute Gasteiger partial charge is 0.379 e. The van der Waals surface area contributed by atoms with Gasteiger partial charge < -0.3 is 4.74 Å². The fourth-order valence-corrected chi connectivity index (χ4v) is 5.31. The lowest BCUT2D eigenvalue weighted by Crippen LogP contribution is -2.30. The number of rotatable bonds is 14. The average molecular weight is 389 g/mol. The Bertz CT molecular complexity index is 354. The van der Waals surface area contributed by atoms with Crippen molar-refractivity contribution in [1.82, 2.24) is 0 Å². The van der Waals surface area contributed by atoms with Crippen molar-refractivity contribution in [2.24, 2.45) is 29.6 Å². The van der Waals surface area contributed by atoms with Crippen molar-refractivity contribution in [2.45, 2.75) is 111 Å². The first-order valence-corrected chi connectivity index (χ1v) is 11.7. The molecular formula is C24H46F2O. The van der Waals surface area contributed by atoms with Gasteiger partial charge >= 0.3 is 0 Å². The van der Waals surface area contributed by atoms with Gasteiger partial charge in [-0.25, -0.2) is 4.39 Å². The molecule has 5 atom stereocenters. The normalized spacial score (nSPS) is 26.3. The van der Waals surface area contributed by atoms with E-state index < -0.39 is 12.3 Å². The van der Waals surface area contributed by atoms with Gasteiger partial charge in [0, 0.05) is 7.11 Å². The van der Waals surface area contributed by atoms with Crippen LogP contribution in [0.25, 0.3) is 0 Å². The van der Waals surface area contributed by atoms with Gasteiger partial charge in [-0.1, -0.05) is 46.5 Å². The molecule has 0 saturated heterocycles. The number of hydrogen-bond acceptors (Lipinski definition) is 1. The maximum absolute atomic E-state index is 14.4. The standard InChI is InChI=1S/C24H46F2O/c1-6-8-18(3)9-10-20(7-2)21-11-13-22(14-12-21)23(15-16-25)17-24(26)19(4)27-5/h18-24H,6-17H2,1-5H3. The number of methoxy groups -OCH3 is 1. The molecule has 1 aliphatic rings. The molecule has 0 N–H and O–H groups in total. The first-order valence-electron chi connectivity index (χ1n) is 11.7.